The van der Waals surface area contributed by atoms with Gasteiger partial charge in [0.25, 0.3) is 0 Å². The summed E-state index contributed by atoms with van der Waals surface area (Å²) in [6.07, 6.45) is 0.250. The van der Waals surface area contributed by atoms with E-state index in [1.54, 1.807) is 0 Å². The maximum Gasteiger partial charge on any atom is 2.00 e. The van der Waals surface area contributed by atoms with Gasteiger partial charge in [0.2, 0.25) is 0 Å². The van der Waals surface area contributed by atoms with Crippen LogP contribution >= 0.6 is 0 Å². The zero-order valence-electron chi connectivity index (χ0n) is 2.43. The van der Waals surface area contributed by atoms with Crippen LogP contribution < -0.4 is 0 Å². The molecule has 0 fully saturated rings. The number of hydrogen-bond acceptors (Lipinski definition) is 2. The number of rotatable bonds is 0. The van der Waals surface area contributed by atoms with Crippen LogP contribution in [0.1, 0.15) is 0 Å². The molecule has 0 bridgehead atoms. The van der Waals surface area contributed by atoms with Crippen molar-refractivity contribution in [3.8, 4) is 0 Å². The molecule has 0 spiro atoms. The van der Waals surface area contributed by atoms with Crippen LogP contribution in [-0.2, 0) is 34.5 Å². The van der Waals surface area contributed by atoms with Gasteiger partial charge in [-0.3, -0.25) is 0 Å². The van der Waals surface area contributed by atoms with E-state index in [1.165, 1.54) is 0 Å². The van der Waals surface area contributed by atoms with Gasteiger partial charge in [-0.15, -0.1) is 0 Å². The molecule has 0 saturated carbocycles. The van der Waals surface area contributed by atoms with Crippen molar-refractivity contribution in [2.45, 2.75) is 0 Å². The molecule has 0 amide bonds. The van der Waals surface area contributed by atoms with Crippen molar-refractivity contribution >= 4 is 6.15 Å². The Labute approximate surface area is 41.4 Å². The second-order valence-corrected chi connectivity index (χ2v) is 0.0833. The fraction of sp³-hybridized carbons (Fsp3) is 0. The van der Waals surface area contributed by atoms with E-state index < -0.39 is 0 Å². The summed E-state index contributed by atoms with van der Waals surface area (Å²) in [5.74, 6) is 0. The molecule has 5 heavy (non-hydrogen) atoms. The molecular formula is CO3Zn. The van der Waals surface area contributed by atoms with E-state index in [1.807, 2.05) is 0 Å². The van der Waals surface area contributed by atoms with Gasteiger partial charge in [-0.05, 0) is 0 Å². The molecule has 0 aliphatic rings. The van der Waals surface area contributed by atoms with Gasteiger partial charge in [-0.2, -0.15) is 9.59 Å². The van der Waals surface area contributed by atoms with Gasteiger partial charge in [0, 0.05) is 0 Å². The zero-order chi connectivity index (χ0) is 2.71. The molecule has 0 rings (SSSR count). The van der Waals surface area contributed by atoms with Crippen molar-refractivity contribution in [2.24, 2.45) is 0 Å². The average molecular weight is 125 g/mol. The van der Waals surface area contributed by atoms with Gasteiger partial charge >= 0.3 is 25.6 Å². The molecule has 0 aliphatic heterocycles. The van der Waals surface area contributed by atoms with Gasteiger partial charge in [-0.1, -0.05) is 0 Å². The molecule has 0 saturated heterocycles. The smallest absolute Gasteiger partial charge is 2.00 e. The van der Waals surface area contributed by atoms with Gasteiger partial charge < -0.3 is 5.48 Å². The molecule has 24 valence electrons. The molecule has 4 heteroatoms. The van der Waals surface area contributed by atoms with Crippen molar-refractivity contribution in [2.75, 3.05) is 0 Å². The van der Waals surface area contributed by atoms with Crippen LogP contribution in [0.5, 0.6) is 0 Å². The normalized spacial score (nSPS) is 1.60. The Bertz CT molecular complexity index is 27.9. The molecule has 0 atom stereocenters. The van der Waals surface area contributed by atoms with Crippen LogP contribution in [0, 0.1) is 0 Å². The molecule has 0 N–H and O–H groups in total. The Morgan fingerprint density at radius 3 is 1.20 bits per heavy atom. The minimum absolute atomic E-state index is 0. The fourth-order valence-electron chi connectivity index (χ4n) is 0. The summed E-state index contributed by atoms with van der Waals surface area (Å²) in [5, 5.41) is 0. The van der Waals surface area contributed by atoms with Gasteiger partial charge in [-0.25, -0.2) is 0 Å². The molecule has 0 radical (unpaired) electrons. The van der Waals surface area contributed by atoms with Crippen LogP contribution in [0.15, 0.2) is 0 Å². The summed E-state index contributed by atoms with van der Waals surface area (Å²) in [4.78, 5) is 16.2. The van der Waals surface area contributed by atoms with Crippen molar-refractivity contribution in [1.29, 1.82) is 0 Å². The summed E-state index contributed by atoms with van der Waals surface area (Å²) in [6, 6.07) is 0. The van der Waals surface area contributed by atoms with Crippen molar-refractivity contribution in [3.63, 3.8) is 0 Å². The number of carbonyl (C=O) groups excluding carboxylic acids is 2. The first-order chi connectivity index (χ1) is 1.41. The minimum atomic E-state index is 0. The predicted octanol–water partition coefficient (Wildman–Crippen LogP) is -0.705. The quantitative estimate of drug-likeness (QED) is 0.402. The molecule has 3 nitrogen and oxygen atoms in total. The average Bonchev–Trinajstić information content (AvgIpc) is 0.918. The first kappa shape index (κ1) is 20.2. The Balaban J connectivity index is -0.0000000200. The van der Waals surface area contributed by atoms with Crippen LogP contribution in [0.4, 0.5) is 0 Å². The van der Waals surface area contributed by atoms with E-state index >= 15 is 0 Å². The van der Waals surface area contributed by atoms with E-state index in [0.29, 0.717) is 0 Å². The largest absolute Gasteiger partial charge is 2.00 e. The summed E-state index contributed by atoms with van der Waals surface area (Å²) in [6.45, 7) is 0. The first-order valence-electron chi connectivity index (χ1n) is 0.408. The van der Waals surface area contributed by atoms with Crippen molar-refractivity contribution < 1.29 is 34.5 Å². The second-order valence-electron chi connectivity index (χ2n) is 0.0833. The van der Waals surface area contributed by atoms with E-state index in [4.69, 9.17) is 9.59 Å². The summed E-state index contributed by atoms with van der Waals surface area (Å²) in [7, 11) is 0. The maximum absolute atomic E-state index is 8.12. The first-order valence-corrected chi connectivity index (χ1v) is 0.408. The molecular weight excluding hydrogens is 125 g/mol. The van der Waals surface area contributed by atoms with E-state index in [9.17, 15) is 0 Å². The molecule has 0 unspecified atom stereocenters. The Kier molecular flexibility index (Phi) is 152. The summed E-state index contributed by atoms with van der Waals surface area (Å²) >= 11 is 0. The minimum Gasteiger partial charge on any atom is -2.00 e. The standard InChI is InChI=1S/CO2.O.Zn/c2-1-3;;/q;-2;+2. The van der Waals surface area contributed by atoms with E-state index in [2.05, 4.69) is 0 Å². The maximum atomic E-state index is 8.12. The molecule has 0 aromatic heterocycles. The van der Waals surface area contributed by atoms with E-state index in [0.717, 1.165) is 0 Å². The molecule has 0 aliphatic carbocycles. The van der Waals surface area contributed by atoms with Gasteiger partial charge in [0.15, 0.2) is 0 Å². The molecule has 0 heterocycles. The van der Waals surface area contributed by atoms with Crippen molar-refractivity contribution in [1.82, 2.24) is 0 Å². The van der Waals surface area contributed by atoms with Crippen LogP contribution in [0.25, 0.3) is 0 Å². The van der Waals surface area contributed by atoms with E-state index in [-0.39, 0.29) is 31.1 Å². The third kappa shape index (κ3) is 11400. The van der Waals surface area contributed by atoms with Crippen LogP contribution in [0.3, 0.4) is 0 Å². The topological polar surface area (TPSA) is 62.6 Å². The van der Waals surface area contributed by atoms with Crippen LogP contribution in [-0.4, -0.2) is 6.15 Å². The Morgan fingerprint density at radius 2 is 1.20 bits per heavy atom. The van der Waals surface area contributed by atoms with Gasteiger partial charge in [0.1, 0.15) is 0 Å². The summed E-state index contributed by atoms with van der Waals surface area (Å²) in [5.41, 5.74) is 0. The SMILES string of the molecule is O=C=O.[O-2].[Zn+2]. The van der Waals surface area contributed by atoms with Crippen molar-refractivity contribution in [3.05, 3.63) is 0 Å². The van der Waals surface area contributed by atoms with Gasteiger partial charge in [0.05, 0.1) is 0 Å². The zero-order valence-corrected chi connectivity index (χ0v) is 5.40. The summed E-state index contributed by atoms with van der Waals surface area (Å²) < 4.78 is 0. The second kappa shape index (κ2) is 37.5. The fourth-order valence-corrected chi connectivity index (χ4v) is 0. The Hall–Kier alpha value is -0.0366. The van der Waals surface area contributed by atoms with Crippen LogP contribution in [0.2, 0.25) is 0 Å². The molecule has 0 aromatic carbocycles. The third-order valence-electron chi connectivity index (χ3n) is 0. The molecule has 0 aromatic rings. The number of hydrogen-bond donors (Lipinski definition) is 0. The third-order valence-corrected chi connectivity index (χ3v) is 0. The Morgan fingerprint density at radius 1 is 1.20 bits per heavy atom. The predicted molar refractivity (Wildman–Crippen MR) is 5.69 cm³/mol. The monoisotopic (exact) mass is 124 g/mol.